The van der Waals surface area contributed by atoms with Gasteiger partial charge >= 0.3 is 5.97 Å². The monoisotopic (exact) mass is 780 g/mol. The van der Waals surface area contributed by atoms with E-state index >= 15 is 0 Å². The molecule has 0 aromatic heterocycles. The summed E-state index contributed by atoms with van der Waals surface area (Å²) in [5.74, 6) is -0.351. The van der Waals surface area contributed by atoms with Gasteiger partial charge in [-0.25, -0.2) is 0 Å². The van der Waals surface area contributed by atoms with Gasteiger partial charge in [0.25, 0.3) is 7.82 Å². The molecule has 0 aliphatic rings. The van der Waals surface area contributed by atoms with Gasteiger partial charge in [-0.15, -0.1) is 0 Å². The van der Waals surface area contributed by atoms with E-state index in [-0.39, 0.29) is 25.8 Å². The van der Waals surface area contributed by atoms with Gasteiger partial charge in [0.1, 0.15) is 19.3 Å². The SMILES string of the molecule is CC/C=C\C/C=C\C/C=C\C/C=C\CCCCCCCCCCCOCC(COP(=O)([O-])OCC[N+](C)(C)C)OC(=O)CCCCCCC/C=C\CCC. The van der Waals surface area contributed by atoms with E-state index in [9.17, 15) is 14.3 Å². The number of ether oxygens (including phenoxy) is 2. The highest BCUT2D eigenvalue weighted by Gasteiger charge is 2.20. The fourth-order valence-electron chi connectivity index (χ4n) is 5.48. The molecule has 2 unspecified atom stereocenters. The number of carbonyl (C=O) groups excluding carboxylic acids is 1. The van der Waals surface area contributed by atoms with Crippen molar-refractivity contribution in [3.63, 3.8) is 0 Å². The van der Waals surface area contributed by atoms with E-state index in [2.05, 4.69) is 74.6 Å². The van der Waals surface area contributed by atoms with Crippen LogP contribution in [0.15, 0.2) is 60.8 Å². The lowest BCUT2D eigenvalue weighted by molar-refractivity contribution is -0.870. The third-order valence-corrected chi connectivity index (χ3v) is 9.75. The summed E-state index contributed by atoms with van der Waals surface area (Å²) >= 11 is 0. The van der Waals surface area contributed by atoms with Crippen LogP contribution >= 0.6 is 7.82 Å². The number of phosphoric ester groups is 1. The lowest BCUT2D eigenvalue weighted by atomic mass is 10.1. The zero-order valence-electron chi connectivity index (χ0n) is 35.4. The maximum absolute atomic E-state index is 12.6. The standard InChI is InChI=1S/C45H82NO7P/c1-6-8-10-12-14-16-18-19-20-21-22-23-24-25-26-27-28-29-31-33-35-37-40-50-42-44(43-52-54(48,49)51-41-39-46(3,4)5)53-45(47)38-36-34-32-30-17-15-13-11-9-7-2/h8,10-11,13-14,16,19-20,22-23,44H,6-7,9,12,15,17-18,21,24-43H2,1-5H3/b10-8-,13-11-,16-14-,20-19-,23-22-. The molecule has 0 aromatic rings. The van der Waals surface area contributed by atoms with Crippen molar-refractivity contribution < 1.29 is 37.3 Å². The van der Waals surface area contributed by atoms with E-state index < -0.39 is 13.9 Å². The van der Waals surface area contributed by atoms with Crippen molar-refractivity contribution >= 4 is 13.8 Å². The summed E-state index contributed by atoms with van der Waals surface area (Å²) in [5.41, 5.74) is 0. The second-order valence-corrected chi connectivity index (χ2v) is 16.7. The van der Waals surface area contributed by atoms with Crippen LogP contribution in [0, 0.1) is 0 Å². The minimum atomic E-state index is -4.53. The molecule has 0 bridgehead atoms. The molecule has 0 aromatic carbocycles. The number of allylic oxidation sites excluding steroid dienone is 10. The fourth-order valence-corrected chi connectivity index (χ4v) is 6.21. The first kappa shape index (κ1) is 52.2. The maximum Gasteiger partial charge on any atom is 0.306 e. The van der Waals surface area contributed by atoms with Crippen molar-refractivity contribution in [3.05, 3.63) is 60.8 Å². The minimum Gasteiger partial charge on any atom is -0.756 e. The Labute approximate surface area is 332 Å². The van der Waals surface area contributed by atoms with Gasteiger partial charge in [0.2, 0.25) is 0 Å². The molecule has 0 N–H and O–H groups in total. The molecule has 0 radical (unpaired) electrons. The first-order valence-corrected chi connectivity index (χ1v) is 23.0. The van der Waals surface area contributed by atoms with Crippen molar-refractivity contribution in [1.29, 1.82) is 0 Å². The van der Waals surface area contributed by atoms with Gasteiger partial charge in [-0.05, 0) is 70.6 Å². The predicted octanol–water partition coefficient (Wildman–Crippen LogP) is 11.9. The molecule has 314 valence electrons. The molecule has 0 aliphatic carbocycles. The summed E-state index contributed by atoms with van der Waals surface area (Å²) < 4.78 is 34.5. The van der Waals surface area contributed by atoms with Gasteiger partial charge in [-0.1, -0.05) is 145 Å². The van der Waals surface area contributed by atoms with Crippen LogP contribution in [0.2, 0.25) is 0 Å². The van der Waals surface area contributed by atoms with Gasteiger partial charge in [-0.2, -0.15) is 0 Å². The Morgan fingerprint density at radius 2 is 1.07 bits per heavy atom. The van der Waals surface area contributed by atoms with Gasteiger partial charge in [0, 0.05) is 13.0 Å². The molecule has 9 heteroatoms. The average molecular weight is 780 g/mol. The Morgan fingerprint density at radius 1 is 0.593 bits per heavy atom. The van der Waals surface area contributed by atoms with Crippen LogP contribution in [0.4, 0.5) is 0 Å². The number of carbonyl (C=O) groups is 1. The van der Waals surface area contributed by atoms with Crippen LogP contribution in [-0.2, 0) is 27.9 Å². The summed E-state index contributed by atoms with van der Waals surface area (Å²) in [6.45, 7) is 5.19. The molecule has 0 spiro atoms. The Balaban J connectivity index is 4.16. The quantitative estimate of drug-likeness (QED) is 0.0202. The van der Waals surface area contributed by atoms with Crippen LogP contribution < -0.4 is 4.89 Å². The molecule has 0 saturated heterocycles. The van der Waals surface area contributed by atoms with Gasteiger partial charge in [0.15, 0.2) is 0 Å². The summed E-state index contributed by atoms with van der Waals surface area (Å²) in [6, 6.07) is 0. The molecule has 0 saturated carbocycles. The van der Waals surface area contributed by atoms with E-state index in [1.807, 2.05) is 21.1 Å². The van der Waals surface area contributed by atoms with E-state index in [0.29, 0.717) is 24.1 Å². The van der Waals surface area contributed by atoms with Crippen molar-refractivity contribution in [1.82, 2.24) is 0 Å². The Morgan fingerprint density at radius 3 is 1.63 bits per heavy atom. The Kier molecular flexibility index (Phi) is 36.8. The number of phosphoric acid groups is 1. The van der Waals surface area contributed by atoms with E-state index in [1.165, 1.54) is 64.2 Å². The maximum atomic E-state index is 12.6. The minimum absolute atomic E-state index is 0.0208. The van der Waals surface area contributed by atoms with Crippen molar-refractivity contribution in [2.45, 2.75) is 168 Å². The molecule has 54 heavy (non-hydrogen) atoms. The summed E-state index contributed by atoms with van der Waals surface area (Å²) in [6.07, 6.45) is 46.7. The molecule has 0 aliphatic heterocycles. The molecule has 0 amide bonds. The third kappa shape index (κ3) is 41.4. The Bertz CT molecular complexity index is 1050. The lowest BCUT2D eigenvalue weighted by Crippen LogP contribution is -2.37. The molecular weight excluding hydrogens is 697 g/mol. The normalized spacial score (nSPS) is 14.4. The second kappa shape index (κ2) is 38.1. The third-order valence-electron chi connectivity index (χ3n) is 8.78. The highest BCUT2D eigenvalue weighted by molar-refractivity contribution is 7.45. The van der Waals surface area contributed by atoms with Gasteiger partial charge in [0.05, 0.1) is 34.4 Å². The molecular formula is C45H82NO7P. The number of unbranched alkanes of at least 4 members (excludes halogenated alkanes) is 15. The molecule has 2 atom stereocenters. The van der Waals surface area contributed by atoms with E-state index in [4.69, 9.17) is 18.5 Å². The average Bonchev–Trinajstić information content (AvgIpc) is 3.12. The van der Waals surface area contributed by atoms with E-state index in [0.717, 1.165) is 77.0 Å². The predicted molar refractivity (Wildman–Crippen MR) is 226 cm³/mol. The number of hydrogen-bond acceptors (Lipinski definition) is 7. The number of quaternary nitrogens is 1. The van der Waals surface area contributed by atoms with Gasteiger partial charge in [-0.3, -0.25) is 9.36 Å². The van der Waals surface area contributed by atoms with Crippen LogP contribution in [0.5, 0.6) is 0 Å². The first-order chi connectivity index (χ1) is 26.1. The lowest BCUT2D eigenvalue weighted by Gasteiger charge is -2.28. The van der Waals surface area contributed by atoms with Gasteiger partial charge < -0.3 is 27.9 Å². The molecule has 8 nitrogen and oxygen atoms in total. The number of esters is 1. The van der Waals surface area contributed by atoms with Crippen molar-refractivity contribution in [3.8, 4) is 0 Å². The van der Waals surface area contributed by atoms with Crippen molar-refractivity contribution in [2.75, 3.05) is 54.1 Å². The molecule has 0 heterocycles. The van der Waals surface area contributed by atoms with Crippen LogP contribution in [-0.4, -0.2) is 70.7 Å². The second-order valence-electron chi connectivity index (χ2n) is 15.3. The summed E-state index contributed by atoms with van der Waals surface area (Å²) in [4.78, 5) is 24.9. The summed E-state index contributed by atoms with van der Waals surface area (Å²) in [7, 11) is 1.34. The van der Waals surface area contributed by atoms with Crippen molar-refractivity contribution in [2.24, 2.45) is 0 Å². The zero-order valence-corrected chi connectivity index (χ0v) is 36.3. The largest absolute Gasteiger partial charge is 0.756 e. The highest BCUT2D eigenvalue weighted by Crippen LogP contribution is 2.38. The first-order valence-electron chi connectivity index (χ1n) is 21.5. The van der Waals surface area contributed by atoms with Crippen LogP contribution in [0.3, 0.4) is 0 Å². The van der Waals surface area contributed by atoms with Crippen LogP contribution in [0.25, 0.3) is 0 Å². The number of nitrogens with zero attached hydrogens (tertiary/aromatic N) is 1. The fraction of sp³-hybridized carbons (Fsp3) is 0.756. The topological polar surface area (TPSA) is 94.1 Å². The number of hydrogen-bond donors (Lipinski definition) is 0. The smallest absolute Gasteiger partial charge is 0.306 e. The molecule has 0 rings (SSSR count). The summed E-state index contributed by atoms with van der Waals surface area (Å²) in [5, 5.41) is 0. The molecule has 0 fully saturated rings. The number of rotatable bonds is 39. The zero-order chi connectivity index (χ0) is 39.9. The Hall–Kier alpha value is -1.80. The van der Waals surface area contributed by atoms with E-state index in [1.54, 1.807) is 0 Å². The number of likely N-dealkylation sites (N-methyl/N-ethyl adjacent to an activating group) is 1. The highest BCUT2D eigenvalue weighted by atomic mass is 31.2. The van der Waals surface area contributed by atoms with Crippen LogP contribution in [0.1, 0.15) is 162 Å².